The van der Waals surface area contributed by atoms with Gasteiger partial charge in [0, 0.05) is 4.88 Å². The van der Waals surface area contributed by atoms with Gasteiger partial charge in [0.15, 0.2) is 0 Å². The van der Waals surface area contributed by atoms with Crippen LogP contribution in [-0.4, -0.2) is 18.4 Å². The van der Waals surface area contributed by atoms with E-state index in [-0.39, 0.29) is 18.9 Å². The molecule has 0 fully saturated rings. The van der Waals surface area contributed by atoms with Crippen LogP contribution in [0, 0.1) is 6.92 Å². The largest absolute Gasteiger partial charge is 0.493 e. The maximum atomic E-state index is 12.2. The van der Waals surface area contributed by atoms with Crippen LogP contribution in [0.15, 0.2) is 24.3 Å². The second-order valence-electron chi connectivity index (χ2n) is 6.24. The van der Waals surface area contributed by atoms with Gasteiger partial charge in [-0.1, -0.05) is 12.1 Å². The van der Waals surface area contributed by atoms with E-state index in [1.54, 1.807) is 0 Å². The number of hydrogen-bond donors (Lipinski definition) is 2. The van der Waals surface area contributed by atoms with Crippen LogP contribution >= 0.6 is 11.3 Å². The van der Waals surface area contributed by atoms with Crippen LogP contribution < -0.4 is 15.8 Å². The van der Waals surface area contributed by atoms with Crippen molar-refractivity contribution in [3.63, 3.8) is 0 Å². The summed E-state index contributed by atoms with van der Waals surface area (Å²) in [7, 11) is 0. The van der Waals surface area contributed by atoms with E-state index in [1.807, 2.05) is 31.2 Å². The van der Waals surface area contributed by atoms with Gasteiger partial charge in [-0.25, -0.2) is 0 Å². The molecule has 0 unspecified atom stereocenters. The van der Waals surface area contributed by atoms with E-state index in [0.29, 0.717) is 10.6 Å². The summed E-state index contributed by atoms with van der Waals surface area (Å²) >= 11 is 1.48. The fourth-order valence-electron chi connectivity index (χ4n) is 3.07. The highest BCUT2D eigenvalue weighted by atomic mass is 32.1. The third-order valence-corrected chi connectivity index (χ3v) is 5.47. The highest BCUT2D eigenvalue weighted by molar-refractivity contribution is 7.17. The molecule has 132 valence electrons. The number of anilines is 1. The van der Waals surface area contributed by atoms with E-state index in [1.165, 1.54) is 16.2 Å². The van der Waals surface area contributed by atoms with Crippen molar-refractivity contribution in [1.82, 2.24) is 0 Å². The highest BCUT2D eigenvalue weighted by Crippen LogP contribution is 2.37. The third-order valence-electron chi connectivity index (χ3n) is 4.26. The average molecular weight is 358 g/mol. The number of nitrogens with one attached hydrogen (secondary N) is 1. The standard InChI is InChI=1S/C19H22N2O3S/c1-12-5-4-6-13(11-12)24-10-9-16(22)21-19-17(18(20)23)14-7-2-3-8-15(14)25-19/h4-6,11H,2-3,7-10H2,1H3,(H2,20,23)(H,21,22). The molecular weight excluding hydrogens is 336 g/mol. The van der Waals surface area contributed by atoms with E-state index in [0.717, 1.165) is 42.6 Å². The molecule has 0 saturated carbocycles. The van der Waals surface area contributed by atoms with Crippen LogP contribution in [0.5, 0.6) is 5.75 Å². The Balaban J connectivity index is 1.61. The number of ether oxygens (including phenoxy) is 1. The third kappa shape index (κ3) is 4.20. The lowest BCUT2D eigenvalue weighted by molar-refractivity contribution is -0.116. The summed E-state index contributed by atoms with van der Waals surface area (Å²) in [5.74, 6) is 0.108. The number of carbonyl (C=O) groups is 2. The smallest absolute Gasteiger partial charge is 0.251 e. The SMILES string of the molecule is Cc1cccc(OCCC(=O)Nc2sc3c(c2C(N)=O)CCCC3)c1. The molecule has 3 rings (SSSR count). The molecule has 0 saturated heterocycles. The number of hydrogen-bond acceptors (Lipinski definition) is 4. The average Bonchev–Trinajstić information content (AvgIpc) is 2.92. The molecule has 1 aromatic carbocycles. The summed E-state index contributed by atoms with van der Waals surface area (Å²) in [5.41, 5.74) is 8.17. The van der Waals surface area contributed by atoms with Gasteiger partial charge < -0.3 is 15.8 Å². The molecule has 1 aromatic heterocycles. The molecule has 0 atom stereocenters. The number of benzene rings is 1. The predicted octanol–water partition coefficient (Wildman–Crippen LogP) is 3.44. The van der Waals surface area contributed by atoms with Crippen molar-refractivity contribution in [3.8, 4) is 5.75 Å². The summed E-state index contributed by atoms with van der Waals surface area (Å²) in [6.07, 6.45) is 4.20. The molecule has 25 heavy (non-hydrogen) atoms. The minimum absolute atomic E-state index is 0.172. The number of rotatable bonds is 6. The Morgan fingerprint density at radius 3 is 2.84 bits per heavy atom. The van der Waals surface area contributed by atoms with Crippen molar-refractivity contribution >= 4 is 28.2 Å². The zero-order valence-corrected chi connectivity index (χ0v) is 15.1. The molecule has 2 amide bonds. The van der Waals surface area contributed by atoms with Gasteiger partial charge in [0.1, 0.15) is 10.8 Å². The van der Waals surface area contributed by atoms with E-state index in [9.17, 15) is 9.59 Å². The zero-order valence-electron chi connectivity index (χ0n) is 14.3. The van der Waals surface area contributed by atoms with Gasteiger partial charge in [0.05, 0.1) is 18.6 Å². The van der Waals surface area contributed by atoms with Gasteiger partial charge in [0.2, 0.25) is 5.91 Å². The van der Waals surface area contributed by atoms with Crippen LogP contribution in [0.1, 0.15) is 45.6 Å². The molecule has 1 aliphatic rings. The first-order chi connectivity index (χ1) is 12.0. The van der Waals surface area contributed by atoms with Crippen molar-refractivity contribution in [2.75, 3.05) is 11.9 Å². The molecule has 2 aromatic rings. The van der Waals surface area contributed by atoms with Crippen molar-refractivity contribution < 1.29 is 14.3 Å². The molecule has 0 radical (unpaired) electrons. The number of aryl methyl sites for hydroxylation is 2. The van der Waals surface area contributed by atoms with Crippen molar-refractivity contribution in [2.24, 2.45) is 5.73 Å². The first-order valence-corrected chi connectivity index (χ1v) is 9.30. The van der Waals surface area contributed by atoms with E-state index < -0.39 is 5.91 Å². The number of nitrogens with two attached hydrogens (primary N) is 1. The lowest BCUT2D eigenvalue weighted by Crippen LogP contribution is -2.19. The first-order valence-electron chi connectivity index (χ1n) is 8.48. The summed E-state index contributed by atoms with van der Waals surface area (Å²) in [4.78, 5) is 25.2. The van der Waals surface area contributed by atoms with Gasteiger partial charge in [-0.05, 0) is 55.9 Å². The highest BCUT2D eigenvalue weighted by Gasteiger charge is 2.24. The Labute approximate surface area is 151 Å². The van der Waals surface area contributed by atoms with Crippen LogP contribution in [0.4, 0.5) is 5.00 Å². The molecule has 1 aliphatic carbocycles. The van der Waals surface area contributed by atoms with E-state index >= 15 is 0 Å². The summed E-state index contributed by atoms with van der Waals surface area (Å²) in [6.45, 7) is 2.27. The molecule has 0 spiro atoms. The summed E-state index contributed by atoms with van der Waals surface area (Å²) in [6, 6.07) is 7.70. The molecular formula is C19H22N2O3S. The second-order valence-corrected chi connectivity index (χ2v) is 7.35. The Kier molecular flexibility index (Phi) is 5.38. The van der Waals surface area contributed by atoms with Crippen LogP contribution in [-0.2, 0) is 17.6 Å². The van der Waals surface area contributed by atoms with Gasteiger partial charge in [-0.15, -0.1) is 11.3 Å². The van der Waals surface area contributed by atoms with Crippen LogP contribution in [0.25, 0.3) is 0 Å². The van der Waals surface area contributed by atoms with Gasteiger partial charge >= 0.3 is 0 Å². The molecule has 1 heterocycles. The monoisotopic (exact) mass is 358 g/mol. The van der Waals surface area contributed by atoms with Crippen molar-refractivity contribution in [1.29, 1.82) is 0 Å². The predicted molar refractivity (Wildman–Crippen MR) is 99.4 cm³/mol. The minimum Gasteiger partial charge on any atom is -0.493 e. The summed E-state index contributed by atoms with van der Waals surface area (Å²) in [5, 5.41) is 3.43. The lowest BCUT2D eigenvalue weighted by Gasteiger charge is -2.11. The number of thiophene rings is 1. The lowest BCUT2D eigenvalue weighted by atomic mass is 9.95. The second kappa shape index (κ2) is 7.70. The van der Waals surface area contributed by atoms with E-state index in [2.05, 4.69) is 5.32 Å². The Morgan fingerprint density at radius 1 is 1.28 bits per heavy atom. The topological polar surface area (TPSA) is 81.4 Å². The molecule has 0 aliphatic heterocycles. The van der Waals surface area contributed by atoms with Crippen molar-refractivity contribution in [2.45, 2.75) is 39.0 Å². The maximum absolute atomic E-state index is 12.2. The van der Waals surface area contributed by atoms with Crippen LogP contribution in [0.2, 0.25) is 0 Å². The number of primary amides is 1. The molecule has 0 bridgehead atoms. The number of amides is 2. The number of fused-ring (bicyclic) bond motifs is 1. The molecule has 3 N–H and O–H groups in total. The van der Waals surface area contributed by atoms with Gasteiger partial charge in [0.25, 0.3) is 5.91 Å². The Morgan fingerprint density at radius 2 is 2.08 bits per heavy atom. The Hall–Kier alpha value is -2.34. The van der Waals surface area contributed by atoms with Gasteiger partial charge in [-0.2, -0.15) is 0 Å². The number of carbonyl (C=O) groups excluding carboxylic acids is 2. The Bertz CT molecular complexity index is 798. The fraction of sp³-hybridized carbons (Fsp3) is 0.368. The zero-order chi connectivity index (χ0) is 17.8. The van der Waals surface area contributed by atoms with Gasteiger partial charge in [-0.3, -0.25) is 9.59 Å². The maximum Gasteiger partial charge on any atom is 0.251 e. The fourth-order valence-corrected chi connectivity index (χ4v) is 4.38. The first kappa shape index (κ1) is 17.5. The van der Waals surface area contributed by atoms with E-state index in [4.69, 9.17) is 10.5 Å². The minimum atomic E-state index is -0.467. The van der Waals surface area contributed by atoms with Crippen molar-refractivity contribution in [3.05, 3.63) is 45.8 Å². The quantitative estimate of drug-likeness (QED) is 0.830. The molecule has 6 heteroatoms. The summed E-state index contributed by atoms with van der Waals surface area (Å²) < 4.78 is 5.61. The normalized spacial score (nSPS) is 13.2. The van der Waals surface area contributed by atoms with Crippen LogP contribution in [0.3, 0.4) is 0 Å². The molecule has 5 nitrogen and oxygen atoms in total.